The fourth-order valence-corrected chi connectivity index (χ4v) is 5.83. The summed E-state index contributed by atoms with van der Waals surface area (Å²) < 4.78 is 56.1. The molecule has 0 aromatic carbocycles. The lowest BCUT2D eigenvalue weighted by Crippen LogP contribution is -2.50. The van der Waals surface area contributed by atoms with Crippen molar-refractivity contribution in [3.8, 4) is 0 Å². The van der Waals surface area contributed by atoms with Crippen LogP contribution in [0.4, 0.5) is 0 Å². The third kappa shape index (κ3) is 3.21. The highest BCUT2D eigenvalue weighted by atomic mass is 32.2. The molecule has 2 aromatic rings. The molecule has 0 saturated carbocycles. The van der Waals surface area contributed by atoms with Crippen LogP contribution in [-0.4, -0.2) is 71.2 Å². The van der Waals surface area contributed by atoms with E-state index in [9.17, 15) is 16.8 Å². The average molecular weight is 388 g/mol. The van der Waals surface area contributed by atoms with Crippen LogP contribution in [0.15, 0.2) is 28.4 Å². The third-order valence-corrected chi connectivity index (χ3v) is 7.96. The summed E-state index contributed by atoms with van der Waals surface area (Å²) in [5.41, 5.74) is 0.424. The number of nitrogens with zero attached hydrogens (tertiary/aromatic N) is 6. The number of piperazine rings is 1. The second-order valence-electron chi connectivity index (χ2n) is 5.91. The van der Waals surface area contributed by atoms with E-state index in [2.05, 4.69) is 10.2 Å². The summed E-state index contributed by atoms with van der Waals surface area (Å²) in [6.07, 6.45) is 4.18. The predicted octanol–water partition coefficient (Wildman–Crippen LogP) is -0.843. The molecule has 12 heteroatoms. The topological polar surface area (TPSA) is 110 Å². The van der Waals surface area contributed by atoms with E-state index in [4.69, 9.17) is 0 Å². The Morgan fingerprint density at radius 1 is 0.880 bits per heavy atom. The van der Waals surface area contributed by atoms with Crippen LogP contribution < -0.4 is 0 Å². The number of rotatable bonds is 4. The van der Waals surface area contributed by atoms with E-state index < -0.39 is 20.0 Å². The summed E-state index contributed by atoms with van der Waals surface area (Å²) in [5, 5.41) is 7.94. The molecule has 0 spiro atoms. The minimum absolute atomic E-state index is 0.0930. The first-order chi connectivity index (χ1) is 11.6. The maximum atomic E-state index is 12.7. The summed E-state index contributed by atoms with van der Waals surface area (Å²) in [7, 11) is -4.06. The Kier molecular flexibility index (Phi) is 4.47. The zero-order valence-electron chi connectivity index (χ0n) is 14.2. The van der Waals surface area contributed by atoms with Crippen molar-refractivity contribution in [1.82, 2.24) is 28.2 Å². The molecule has 0 unspecified atom stereocenters. The van der Waals surface area contributed by atoms with Gasteiger partial charge in [0.25, 0.3) is 0 Å². The molecule has 25 heavy (non-hydrogen) atoms. The van der Waals surface area contributed by atoms with Gasteiger partial charge in [0.2, 0.25) is 20.0 Å². The molecule has 0 bridgehead atoms. The Balaban J connectivity index is 1.77. The monoisotopic (exact) mass is 388 g/mol. The highest BCUT2D eigenvalue weighted by Crippen LogP contribution is 2.22. The fraction of sp³-hybridized carbons (Fsp3) is 0.538. The van der Waals surface area contributed by atoms with Crippen molar-refractivity contribution in [1.29, 1.82) is 0 Å². The second kappa shape index (κ2) is 6.20. The molecule has 0 aliphatic carbocycles. The van der Waals surface area contributed by atoms with E-state index >= 15 is 0 Å². The Morgan fingerprint density at radius 2 is 1.44 bits per heavy atom. The largest absolute Gasteiger partial charge is 0.274 e. The number of aryl methyl sites for hydroxylation is 3. The van der Waals surface area contributed by atoms with Crippen molar-refractivity contribution < 1.29 is 16.8 Å². The average Bonchev–Trinajstić information content (AvgIpc) is 3.13. The lowest BCUT2D eigenvalue weighted by molar-refractivity contribution is 0.272. The first kappa shape index (κ1) is 18.0. The molecule has 1 aliphatic heterocycles. The summed E-state index contributed by atoms with van der Waals surface area (Å²) >= 11 is 0. The quantitative estimate of drug-likeness (QED) is 0.675. The van der Waals surface area contributed by atoms with Gasteiger partial charge in [0, 0.05) is 52.7 Å². The van der Waals surface area contributed by atoms with Gasteiger partial charge in [-0.1, -0.05) is 0 Å². The summed E-state index contributed by atoms with van der Waals surface area (Å²) in [4.78, 5) is 0.257. The Labute approximate surface area is 146 Å². The molecule has 0 atom stereocenters. The first-order valence-electron chi connectivity index (χ1n) is 7.61. The smallest absolute Gasteiger partial charge is 0.246 e. The normalized spacial score (nSPS) is 17.9. The molecule has 0 radical (unpaired) electrons. The van der Waals surface area contributed by atoms with E-state index in [1.165, 1.54) is 36.6 Å². The highest BCUT2D eigenvalue weighted by molar-refractivity contribution is 7.89. The van der Waals surface area contributed by atoms with Crippen molar-refractivity contribution >= 4 is 20.0 Å². The van der Waals surface area contributed by atoms with Crippen molar-refractivity contribution in [2.24, 2.45) is 14.1 Å². The van der Waals surface area contributed by atoms with Gasteiger partial charge in [0.15, 0.2) is 0 Å². The first-order valence-corrected chi connectivity index (χ1v) is 10.5. The summed E-state index contributed by atoms with van der Waals surface area (Å²) in [6, 6.07) is 0. The number of hydrogen-bond donors (Lipinski definition) is 0. The van der Waals surface area contributed by atoms with Crippen molar-refractivity contribution in [3.63, 3.8) is 0 Å². The summed E-state index contributed by atoms with van der Waals surface area (Å²) in [5.74, 6) is 0. The lowest BCUT2D eigenvalue weighted by Gasteiger charge is -2.32. The minimum Gasteiger partial charge on any atom is -0.274 e. The van der Waals surface area contributed by atoms with Gasteiger partial charge in [-0.05, 0) is 6.92 Å². The van der Waals surface area contributed by atoms with E-state index in [0.29, 0.717) is 5.69 Å². The Morgan fingerprint density at radius 3 is 1.88 bits per heavy atom. The minimum atomic E-state index is -3.69. The molecule has 2 aromatic heterocycles. The summed E-state index contributed by atoms with van der Waals surface area (Å²) in [6.45, 7) is 2.01. The van der Waals surface area contributed by atoms with Gasteiger partial charge in [-0.15, -0.1) is 0 Å². The number of aromatic nitrogens is 4. The molecule has 3 heterocycles. The molecule has 1 fully saturated rings. The van der Waals surface area contributed by atoms with Crippen LogP contribution >= 0.6 is 0 Å². The molecular weight excluding hydrogens is 368 g/mol. The van der Waals surface area contributed by atoms with E-state index in [-0.39, 0.29) is 36.0 Å². The van der Waals surface area contributed by atoms with Crippen molar-refractivity contribution in [3.05, 3.63) is 24.3 Å². The highest BCUT2D eigenvalue weighted by Gasteiger charge is 2.35. The van der Waals surface area contributed by atoms with Crippen LogP contribution in [0.1, 0.15) is 5.69 Å². The molecule has 10 nitrogen and oxygen atoms in total. The van der Waals surface area contributed by atoms with Gasteiger partial charge in [-0.3, -0.25) is 9.36 Å². The van der Waals surface area contributed by atoms with Gasteiger partial charge in [-0.2, -0.15) is 18.8 Å². The molecule has 1 saturated heterocycles. The Bertz CT molecular complexity index is 984. The molecule has 138 valence electrons. The number of hydrogen-bond acceptors (Lipinski definition) is 6. The SMILES string of the molecule is Cc1nn(C)cc1S(=O)(=O)N1CCN(S(=O)(=O)c2cnn(C)c2)CC1. The van der Waals surface area contributed by atoms with Gasteiger partial charge in [-0.25, -0.2) is 16.8 Å². The third-order valence-electron chi connectivity index (χ3n) is 4.10. The van der Waals surface area contributed by atoms with Crippen LogP contribution in [-0.2, 0) is 34.1 Å². The predicted molar refractivity (Wildman–Crippen MR) is 88.7 cm³/mol. The maximum absolute atomic E-state index is 12.7. The van der Waals surface area contributed by atoms with E-state index in [1.54, 1.807) is 21.0 Å². The maximum Gasteiger partial charge on any atom is 0.246 e. The van der Waals surface area contributed by atoms with Gasteiger partial charge in [0.1, 0.15) is 9.79 Å². The molecule has 1 aliphatic rings. The van der Waals surface area contributed by atoms with Crippen molar-refractivity contribution in [2.75, 3.05) is 26.2 Å². The molecule has 0 amide bonds. The van der Waals surface area contributed by atoms with Crippen LogP contribution in [0, 0.1) is 6.92 Å². The standard InChI is InChI=1S/C13H20N6O4S2/c1-11-13(10-17(3)15-11)25(22,23)19-6-4-18(5-7-19)24(20,21)12-8-14-16(2)9-12/h8-10H,4-7H2,1-3H3. The van der Waals surface area contributed by atoms with Gasteiger partial charge in [0.05, 0.1) is 11.9 Å². The molecular formula is C13H20N6O4S2. The van der Waals surface area contributed by atoms with Crippen molar-refractivity contribution in [2.45, 2.75) is 16.7 Å². The van der Waals surface area contributed by atoms with Crippen LogP contribution in [0.25, 0.3) is 0 Å². The van der Waals surface area contributed by atoms with E-state index in [0.717, 1.165) is 0 Å². The van der Waals surface area contributed by atoms with Gasteiger partial charge >= 0.3 is 0 Å². The lowest BCUT2D eigenvalue weighted by atomic mass is 10.4. The fourth-order valence-electron chi connectivity index (χ4n) is 2.80. The zero-order valence-corrected chi connectivity index (χ0v) is 15.8. The Hall–Kier alpha value is -1.76. The van der Waals surface area contributed by atoms with Crippen LogP contribution in [0.2, 0.25) is 0 Å². The zero-order chi connectivity index (χ0) is 18.4. The van der Waals surface area contributed by atoms with Gasteiger partial charge < -0.3 is 0 Å². The molecule has 3 rings (SSSR count). The second-order valence-corrected chi connectivity index (χ2v) is 9.75. The van der Waals surface area contributed by atoms with Crippen LogP contribution in [0.3, 0.4) is 0 Å². The molecule has 0 N–H and O–H groups in total. The number of sulfonamides is 2. The van der Waals surface area contributed by atoms with Crippen LogP contribution in [0.5, 0.6) is 0 Å². The van der Waals surface area contributed by atoms with E-state index in [1.807, 2.05) is 0 Å².